The lowest BCUT2D eigenvalue weighted by molar-refractivity contribution is 0.0707. The zero-order valence-electron chi connectivity index (χ0n) is 12.2. The Hall–Kier alpha value is -1.56. The van der Waals surface area contributed by atoms with E-state index >= 15 is 0 Å². The summed E-state index contributed by atoms with van der Waals surface area (Å²) in [5.41, 5.74) is 1.35. The Morgan fingerprint density at radius 3 is 2.86 bits per heavy atom. The van der Waals surface area contributed by atoms with Gasteiger partial charge in [-0.15, -0.1) is 11.8 Å². The number of hydrogen-bond acceptors (Lipinski definition) is 4. The third-order valence-electron chi connectivity index (χ3n) is 3.16. The number of thioether (sulfide) groups is 1. The Morgan fingerprint density at radius 1 is 1.41 bits per heavy atom. The highest BCUT2D eigenvalue weighted by Crippen LogP contribution is 2.24. The molecule has 1 N–H and O–H groups in total. The number of benzene rings is 1. The van der Waals surface area contributed by atoms with Crippen molar-refractivity contribution in [2.75, 3.05) is 19.4 Å². The van der Waals surface area contributed by atoms with Gasteiger partial charge >= 0.3 is 0 Å². The van der Waals surface area contributed by atoms with Crippen molar-refractivity contribution in [1.82, 2.24) is 9.88 Å². The molecule has 2 aromatic rings. The van der Waals surface area contributed by atoms with E-state index in [1.54, 1.807) is 41.2 Å². The number of aliphatic hydroxyl groups is 1. The molecule has 0 aliphatic rings. The first kappa shape index (κ1) is 16.8. The fraction of sp³-hybridized carbons (Fsp3) is 0.250. The third-order valence-corrected chi connectivity index (χ3v) is 4.21. The molecule has 6 heteroatoms. The van der Waals surface area contributed by atoms with Crippen LogP contribution in [0.2, 0.25) is 5.02 Å². The second kappa shape index (κ2) is 8.17. The van der Waals surface area contributed by atoms with Gasteiger partial charge in [0.1, 0.15) is 0 Å². The quantitative estimate of drug-likeness (QED) is 0.824. The van der Waals surface area contributed by atoms with Gasteiger partial charge in [0.2, 0.25) is 0 Å². The van der Waals surface area contributed by atoms with Gasteiger partial charge in [0.25, 0.3) is 5.91 Å². The second-order valence-electron chi connectivity index (χ2n) is 4.66. The van der Waals surface area contributed by atoms with Crippen molar-refractivity contribution in [1.29, 1.82) is 0 Å². The van der Waals surface area contributed by atoms with E-state index in [1.807, 2.05) is 24.5 Å². The van der Waals surface area contributed by atoms with E-state index in [9.17, 15) is 9.90 Å². The first-order chi connectivity index (χ1) is 10.7. The minimum Gasteiger partial charge on any atom is -0.395 e. The van der Waals surface area contributed by atoms with E-state index in [4.69, 9.17) is 11.6 Å². The van der Waals surface area contributed by atoms with Crippen molar-refractivity contribution in [3.63, 3.8) is 0 Å². The number of nitrogens with zero attached hydrogens (tertiary/aromatic N) is 2. The second-order valence-corrected chi connectivity index (χ2v) is 5.94. The maximum atomic E-state index is 12.7. The first-order valence-corrected chi connectivity index (χ1v) is 8.38. The molecule has 0 unspecified atom stereocenters. The van der Waals surface area contributed by atoms with Gasteiger partial charge in [-0.1, -0.05) is 17.7 Å². The molecule has 1 aromatic carbocycles. The standard InChI is InChI=1S/C16H17ClN2O2S/c1-22-13-4-5-15(17)14(9-13)16(21)19(7-8-20)11-12-3-2-6-18-10-12/h2-6,9-10,20H,7-8,11H2,1H3. The number of hydrogen-bond donors (Lipinski definition) is 1. The normalized spacial score (nSPS) is 10.5. The smallest absolute Gasteiger partial charge is 0.255 e. The molecule has 0 spiro atoms. The monoisotopic (exact) mass is 336 g/mol. The lowest BCUT2D eigenvalue weighted by atomic mass is 10.1. The van der Waals surface area contributed by atoms with Gasteiger partial charge in [-0.05, 0) is 36.1 Å². The number of carbonyl (C=O) groups excluding carboxylic acids is 1. The largest absolute Gasteiger partial charge is 0.395 e. The van der Waals surface area contributed by atoms with Gasteiger partial charge in [0.15, 0.2) is 0 Å². The summed E-state index contributed by atoms with van der Waals surface area (Å²) in [6.45, 7) is 0.520. The number of halogens is 1. The molecule has 0 aliphatic carbocycles. The number of amides is 1. The van der Waals surface area contributed by atoms with Crippen LogP contribution in [0.4, 0.5) is 0 Å². The molecule has 0 bridgehead atoms. The number of rotatable bonds is 6. The minimum absolute atomic E-state index is 0.105. The zero-order chi connectivity index (χ0) is 15.9. The maximum Gasteiger partial charge on any atom is 0.255 e. The first-order valence-electron chi connectivity index (χ1n) is 6.78. The predicted molar refractivity (Wildman–Crippen MR) is 89.3 cm³/mol. The summed E-state index contributed by atoms with van der Waals surface area (Å²) in [4.78, 5) is 19.3. The van der Waals surface area contributed by atoms with Gasteiger partial charge in [-0.25, -0.2) is 0 Å². The fourth-order valence-electron chi connectivity index (χ4n) is 2.05. The van der Waals surface area contributed by atoms with Crippen molar-refractivity contribution >= 4 is 29.3 Å². The van der Waals surface area contributed by atoms with Crippen LogP contribution in [0.3, 0.4) is 0 Å². The molecule has 1 heterocycles. The Kier molecular flexibility index (Phi) is 6.24. The SMILES string of the molecule is CSc1ccc(Cl)c(C(=O)N(CCO)Cc2cccnc2)c1. The van der Waals surface area contributed by atoms with Crippen LogP contribution in [-0.4, -0.2) is 40.3 Å². The summed E-state index contributed by atoms with van der Waals surface area (Å²) >= 11 is 7.71. The summed E-state index contributed by atoms with van der Waals surface area (Å²) < 4.78 is 0. The molecule has 116 valence electrons. The van der Waals surface area contributed by atoms with Gasteiger partial charge in [-0.3, -0.25) is 9.78 Å². The number of aliphatic hydroxyl groups excluding tert-OH is 1. The van der Waals surface area contributed by atoms with Crippen LogP contribution in [0.1, 0.15) is 15.9 Å². The van der Waals surface area contributed by atoms with Crippen LogP contribution in [0.5, 0.6) is 0 Å². The topological polar surface area (TPSA) is 53.4 Å². The predicted octanol–water partition coefficient (Wildman–Crippen LogP) is 3.09. The van der Waals surface area contributed by atoms with Gasteiger partial charge in [-0.2, -0.15) is 0 Å². The molecule has 4 nitrogen and oxygen atoms in total. The van der Waals surface area contributed by atoms with Crippen LogP contribution in [-0.2, 0) is 6.54 Å². The Labute approximate surface area is 139 Å². The molecule has 22 heavy (non-hydrogen) atoms. The molecular formula is C16H17ClN2O2S. The Morgan fingerprint density at radius 2 is 2.23 bits per heavy atom. The average Bonchev–Trinajstić information content (AvgIpc) is 2.55. The minimum atomic E-state index is -0.196. The summed E-state index contributed by atoms with van der Waals surface area (Å²) in [6, 6.07) is 9.09. The molecule has 0 fully saturated rings. The molecule has 1 amide bonds. The third kappa shape index (κ3) is 4.22. The zero-order valence-corrected chi connectivity index (χ0v) is 13.8. The maximum absolute atomic E-state index is 12.7. The van der Waals surface area contributed by atoms with Gasteiger partial charge in [0, 0.05) is 30.4 Å². The highest BCUT2D eigenvalue weighted by atomic mass is 35.5. The van der Waals surface area contributed by atoms with E-state index in [0.717, 1.165) is 10.5 Å². The van der Waals surface area contributed by atoms with E-state index in [1.165, 1.54) is 0 Å². The summed E-state index contributed by atoms with van der Waals surface area (Å²) in [7, 11) is 0. The van der Waals surface area contributed by atoms with Crippen LogP contribution < -0.4 is 0 Å². The van der Waals surface area contributed by atoms with Crippen LogP contribution in [0.15, 0.2) is 47.6 Å². The lowest BCUT2D eigenvalue weighted by Gasteiger charge is -2.22. The molecule has 0 saturated carbocycles. The highest BCUT2D eigenvalue weighted by Gasteiger charge is 2.19. The van der Waals surface area contributed by atoms with E-state index in [-0.39, 0.29) is 19.1 Å². The number of aromatic nitrogens is 1. The van der Waals surface area contributed by atoms with Crippen molar-refractivity contribution in [2.45, 2.75) is 11.4 Å². The van der Waals surface area contributed by atoms with Crippen LogP contribution in [0.25, 0.3) is 0 Å². The van der Waals surface area contributed by atoms with Gasteiger partial charge < -0.3 is 10.0 Å². The van der Waals surface area contributed by atoms with Crippen molar-refractivity contribution in [3.05, 3.63) is 58.9 Å². The van der Waals surface area contributed by atoms with Gasteiger partial charge in [0.05, 0.1) is 17.2 Å². The fourth-order valence-corrected chi connectivity index (χ4v) is 2.69. The Balaban J connectivity index is 2.26. The molecule has 0 radical (unpaired) electrons. The van der Waals surface area contributed by atoms with Crippen LogP contribution in [0, 0.1) is 0 Å². The molecule has 0 saturated heterocycles. The highest BCUT2D eigenvalue weighted by molar-refractivity contribution is 7.98. The summed E-state index contributed by atoms with van der Waals surface area (Å²) in [5.74, 6) is -0.196. The van der Waals surface area contributed by atoms with Crippen molar-refractivity contribution in [2.24, 2.45) is 0 Å². The lowest BCUT2D eigenvalue weighted by Crippen LogP contribution is -2.33. The molecule has 1 aromatic heterocycles. The molecule has 2 rings (SSSR count). The Bertz CT molecular complexity index is 637. The molecule has 0 aliphatic heterocycles. The number of pyridine rings is 1. The van der Waals surface area contributed by atoms with Crippen molar-refractivity contribution < 1.29 is 9.90 Å². The van der Waals surface area contributed by atoms with Crippen molar-refractivity contribution in [3.8, 4) is 0 Å². The average molecular weight is 337 g/mol. The van der Waals surface area contributed by atoms with E-state index in [0.29, 0.717) is 17.1 Å². The van der Waals surface area contributed by atoms with E-state index < -0.39 is 0 Å². The molecule has 0 atom stereocenters. The molecular weight excluding hydrogens is 320 g/mol. The summed E-state index contributed by atoms with van der Waals surface area (Å²) in [6.07, 6.45) is 5.33. The summed E-state index contributed by atoms with van der Waals surface area (Å²) in [5, 5.41) is 9.65. The van der Waals surface area contributed by atoms with E-state index in [2.05, 4.69) is 4.98 Å². The number of carbonyl (C=O) groups is 1. The van der Waals surface area contributed by atoms with Crippen LogP contribution >= 0.6 is 23.4 Å².